The molecule has 0 unspecified atom stereocenters. The fourth-order valence-corrected chi connectivity index (χ4v) is 11.8. The number of rotatable bonds is 4. The van der Waals surface area contributed by atoms with Crippen molar-refractivity contribution >= 4 is 68.2 Å². The second-order valence-electron chi connectivity index (χ2n) is 24.0. The highest BCUT2D eigenvalue weighted by atomic mass is 16.3. The van der Waals surface area contributed by atoms with E-state index in [0.29, 0.717) is 0 Å². The van der Waals surface area contributed by atoms with Crippen LogP contribution in [0.5, 0.6) is 0 Å². The van der Waals surface area contributed by atoms with Gasteiger partial charge in [0.15, 0.2) is 0 Å². The molecule has 3 aliphatic rings. The molecular formula is C66H63BN2O. The van der Waals surface area contributed by atoms with Crippen molar-refractivity contribution in [1.82, 2.24) is 0 Å². The van der Waals surface area contributed by atoms with Gasteiger partial charge in [0, 0.05) is 44.9 Å². The quantitative estimate of drug-likeness (QED) is 0.164. The third-order valence-corrected chi connectivity index (χ3v) is 15.8. The minimum Gasteiger partial charge on any atom is -0.464 e. The number of anilines is 6. The maximum Gasteiger partial charge on any atom is 0.252 e. The molecule has 0 amide bonds. The lowest BCUT2D eigenvalue weighted by Gasteiger charge is -2.45. The zero-order valence-electron chi connectivity index (χ0n) is 43.0. The van der Waals surface area contributed by atoms with Gasteiger partial charge in [-0.25, -0.2) is 0 Å². The molecule has 0 saturated heterocycles. The van der Waals surface area contributed by atoms with Crippen molar-refractivity contribution in [3.8, 4) is 33.4 Å². The molecule has 8 aromatic carbocycles. The molecule has 3 heterocycles. The van der Waals surface area contributed by atoms with Crippen molar-refractivity contribution in [2.24, 2.45) is 0 Å². The lowest BCUT2D eigenvalue weighted by Crippen LogP contribution is -2.61. The summed E-state index contributed by atoms with van der Waals surface area (Å²) in [4.78, 5) is 5.15. The van der Waals surface area contributed by atoms with E-state index < -0.39 is 0 Å². The Kier molecular flexibility index (Phi) is 9.62. The van der Waals surface area contributed by atoms with Gasteiger partial charge < -0.3 is 14.2 Å². The molecule has 4 heteroatoms. The van der Waals surface area contributed by atoms with Crippen LogP contribution in [-0.2, 0) is 21.7 Å². The van der Waals surface area contributed by atoms with Gasteiger partial charge in [0.1, 0.15) is 5.58 Å². The predicted molar refractivity (Wildman–Crippen MR) is 300 cm³/mol. The lowest BCUT2D eigenvalue weighted by atomic mass is 9.33. The topological polar surface area (TPSA) is 19.6 Å². The Morgan fingerprint density at radius 1 is 0.443 bits per heavy atom. The highest BCUT2D eigenvalue weighted by Crippen LogP contribution is 2.51. The predicted octanol–water partition coefficient (Wildman–Crippen LogP) is 16.4. The molecule has 1 aliphatic carbocycles. The molecule has 0 N–H and O–H groups in total. The summed E-state index contributed by atoms with van der Waals surface area (Å²) in [6.45, 7) is 28.0. The standard InChI is InChI=1S/C66H63BN2O/c1-40-31-59-62-60(32-40)69(50-35-44(41-18-28-61-43(33-41)29-30-70-61)34-45(36-50)42-17-25-52-51-15-13-14-16-53(51)66(11,12)54(52)37-42)58-27-22-48(65(8,9)10)39-56(58)67(62)55-38-47(64(5,6)7)21-26-57(55)68(59)49-23-19-46(20-24-49)63(2,3)4/h13-39H,1-12H3. The smallest absolute Gasteiger partial charge is 0.252 e. The number of nitrogens with zero attached hydrogens (tertiary/aromatic N) is 2. The Bertz CT molecular complexity index is 3610. The van der Waals surface area contributed by atoms with Crippen molar-refractivity contribution in [3.63, 3.8) is 0 Å². The van der Waals surface area contributed by atoms with Crippen LogP contribution in [0.15, 0.2) is 168 Å². The summed E-state index contributed by atoms with van der Waals surface area (Å²) in [5.74, 6) is 0. The lowest BCUT2D eigenvalue weighted by molar-refractivity contribution is 0.590. The van der Waals surface area contributed by atoms with Gasteiger partial charge in [0.25, 0.3) is 6.71 Å². The van der Waals surface area contributed by atoms with Crippen molar-refractivity contribution in [3.05, 3.63) is 197 Å². The Morgan fingerprint density at radius 3 is 1.60 bits per heavy atom. The summed E-state index contributed by atoms with van der Waals surface area (Å²) in [5.41, 5.74) is 27.3. The van der Waals surface area contributed by atoms with Crippen LogP contribution in [0.4, 0.5) is 34.1 Å². The first kappa shape index (κ1) is 44.2. The molecule has 12 rings (SSSR count). The average molecular weight is 911 g/mol. The zero-order valence-corrected chi connectivity index (χ0v) is 43.0. The van der Waals surface area contributed by atoms with Gasteiger partial charge in [0.05, 0.1) is 6.26 Å². The van der Waals surface area contributed by atoms with Crippen LogP contribution in [0.3, 0.4) is 0 Å². The number of hydrogen-bond donors (Lipinski definition) is 0. The van der Waals surface area contributed by atoms with Gasteiger partial charge in [-0.05, 0) is 185 Å². The van der Waals surface area contributed by atoms with E-state index in [1.165, 1.54) is 100 Å². The summed E-state index contributed by atoms with van der Waals surface area (Å²) >= 11 is 0. The van der Waals surface area contributed by atoms with Crippen molar-refractivity contribution < 1.29 is 4.42 Å². The summed E-state index contributed by atoms with van der Waals surface area (Å²) in [7, 11) is 0. The minimum absolute atomic E-state index is 0.00766. The molecule has 3 nitrogen and oxygen atoms in total. The van der Waals surface area contributed by atoms with E-state index in [-0.39, 0.29) is 28.4 Å². The highest BCUT2D eigenvalue weighted by molar-refractivity contribution is 7.00. The molecule has 0 atom stereocenters. The highest BCUT2D eigenvalue weighted by Gasteiger charge is 2.45. The van der Waals surface area contributed by atoms with Crippen LogP contribution in [-0.4, -0.2) is 6.71 Å². The van der Waals surface area contributed by atoms with Crippen LogP contribution in [0.25, 0.3) is 44.3 Å². The third-order valence-electron chi connectivity index (χ3n) is 15.8. The van der Waals surface area contributed by atoms with Crippen LogP contribution in [0.1, 0.15) is 110 Å². The summed E-state index contributed by atoms with van der Waals surface area (Å²) in [5, 5.41) is 1.10. The summed E-state index contributed by atoms with van der Waals surface area (Å²) < 4.78 is 5.87. The molecule has 0 radical (unpaired) electrons. The fraction of sp³-hybridized carbons (Fsp3) is 0.242. The number of hydrogen-bond acceptors (Lipinski definition) is 3. The largest absolute Gasteiger partial charge is 0.464 e. The molecule has 1 aromatic heterocycles. The van der Waals surface area contributed by atoms with Crippen LogP contribution in [0, 0.1) is 6.92 Å². The summed E-state index contributed by atoms with van der Waals surface area (Å²) in [6.07, 6.45) is 1.79. The maximum atomic E-state index is 5.87. The Morgan fingerprint density at radius 2 is 0.986 bits per heavy atom. The number of fused-ring (bicyclic) bond motifs is 8. The van der Waals surface area contributed by atoms with Gasteiger partial charge in [0.2, 0.25) is 0 Å². The fourth-order valence-electron chi connectivity index (χ4n) is 11.8. The second kappa shape index (κ2) is 15.2. The average Bonchev–Trinajstić information content (AvgIpc) is 3.89. The van der Waals surface area contributed by atoms with Gasteiger partial charge in [-0.2, -0.15) is 0 Å². The summed E-state index contributed by atoms with van der Waals surface area (Å²) in [6, 6.07) is 60.9. The van der Waals surface area contributed by atoms with E-state index in [4.69, 9.17) is 4.42 Å². The van der Waals surface area contributed by atoms with Crippen molar-refractivity contribution in [2.45, 2.75) is 105 Å². The number of furan rings is 1. The molecule has 346 valence electrons. The molecule has 0 spiro atoms. The van der Waals surface area contributed by atoms with Gasteiger partial charge >= 0.3 is 0 Å². The van der Waals surface area contributed by atoms with Gasteiger partial charge in [-0.3, -0.25) is 0 Å². The number of aryl methyl sites for hydroxylation is 1. The van der Waals surface area contributed by atoms with Crippen LogP contribution < -0.4 is 26.2 Å². The Hall–Kier alpha value is -7.04. The van der Waals surface area contributed by atoms with Gasteiger partial charge in [-0.1, -0.05) is 155 Å². The molecule has 0 fully saturated rings. The van der Waals surface area contributed by atoms with E-state index in [0.717, 1.165) is 27.8 Å². The van der Waals surface area contributed by atoms with Crippen LogP contribution >= 0.6 is 0 Å². The van der Waals surface area contributed by atoms with E-state index in [9.17, 15) is 0 Å². The van der Waals surface area contributed by atoms with Gasteiger partial charge in [-0.15, -0.1) is 0 Å². The van der Waals surface area contributed by atoms with E-state index in [1.54, 1.807) is 6.26 Å². The first-order valence-electron chi connectivity index (χ1n) is 25.3. The molecular weight excluding hydrogens is 848 g/mol. The first-order valence-corrected chi connectivity index (χ1v) is 25.3. The Labute approximate surface area is 415 Å². The minimum atomic E-state index is -0.122. The SMILES string of the molecule is Cc1cc2c3c(c1)N(c1cc(-c4ccc5c(c4)C(C)(C)c4ccccc4-5)cc(-c4ccc5occc5c4)c1)c1ccc(C(C)(C)C)cc1B3c1cc(C(C)(C)C)ccc1N2c1ccc(C(C)(C)C)cc1. The van der Waals surface area contributed by atoms with Crippen molar-refractivity contribution in [2.75, 3.05) is 9.80 Å². The van der Waals surface area contributed by atoms with E-state index in [2.05, 4.69) is 251 Å². The number of benzene rings is 8. The Balaban J connectivity index is 1.14. The molecule has 9 aromatic rings. The van der Waals surface area contributed by atoms with E-state index in [1.807, 2.05) is 0 Å². The van der Waals surface area contributed by atoms with Crippen molar-refractivity contribution in [1.29, 1.82) is 0 Å². The normalized spacial score (nSPS) is 14.6. The maximum absolute atomic E-state index is 5.87. The monoisotopic (exact) mass is 911 g/mol. The second-order valence-corrected chi connectivity index (χ2v) is 24.0. The molecule has 0 bridgehead atoms. The third kappa shape index (κ3) is 6.92. The zero-order chi connectivity index (χ0) is 48.8. The van der Waals surface area contributed by atoms with E-state index >= 15 is 0 Å². The molecule has 0 saturated carbocycles. The first-order chi connectivity index (χ1) is 33.2. The van der Waals surface area contributed by atoms with Crippen LogP contribution in [0.2, 0.25) is 0 Å². The molecule has 70 heavy (non-hydrogen) atoms. The molecule has 2 aliphatic heterocycles.